The second kappa shape index (κ2) is 9.79. The van der Waals surface area contributed by atoms with Crippen LogP contribution in [0.15, 0.2) is 48.5 Å². The maximum Gasteiger partial charge on any atom is 0.246 e. The van der Waals surface area contributed by atoms with Gasteiger partial charge in [-0.05, 0) is 61.3 Å². The molecule has 156 valence electrons. The molecule has 0 aliphatic carbocycles. The van der Waals surface area contributed by atoms with Crippen LogP contribution < -0.4 is 15.5 Å². The molecule has 1 heterocycles. The Balaban J connectivity index is 1.52. The van der Waals surface area contributed by atoms with Crippen molar-refractivity contribution in [3.8, 4) is 0 Å². The Morgan fingerprint density at radius 2 is 1.48 bits per heavy atom. The van der Waals surface area contributed by atoms with Gasteiger partial charge in [0, 0.05) is 43.2 Å². The van der Waals surface area contributed by atoms with Gasteiger partial charge in [0.1, 0.15) is 6.04 Å². The number of anilines is 3. The Labute approximate surface area is 175 Å². The smallest absolute Gasteiger partial charge is 0.246 e. The third-order valence-corrected chi connectivity index (χ3v) is 5.67. The average molecular weight is 395 g/mol. The largest absolute Gasteiger partial charge is 0.374 e. The normalized spacial score (nSPS) is 16.0. The highest BCUT2D eigenvalue weighted by molar-refractivity contribution is 5.96. The van der Waals surface area contributed by atoms with Crippen molar-refractivity contribution < 1.29 is 4.79 Å². The molecule has 0 radical (unpaired) electrons. The van der Waals surface area contributed by atoms with Crippen molar-refractivity contribution in [2.24, 2.45) is 0 Å². The van der Waals surface area contributed by atoms with Crippen LogP contribution in [0.2, 0.25) is 0 Å². The molecule has 2 aromatic carbocycles. The molecule has 1 fully saturated rings. The average Bonchev–Trinajstić information content (AvgIpc) is 2.74. The number of piperazine rings is 1. The maximum absolute atomic E-state index is 12.5. The Morgan fingerprint density at radius 3 is 2.03 bits per heavy atom. The Morgan fingerprint density at radius 1 is 0.897 bits per heavy atom. The number of carbonyl (C=O) groups is 1. The summed E-state index contributed by atoms with van der Waals surface area (Å²) in [6, 6.07) is 16.1. The lowest BCUT2D eigenvalue weighted by Crippen LogP contribution is -2.46. The van der Waals surface area contributed by atoms with Crippen molar-refractivity contribution in [3.63, 3.8) is 0 Å². The van der Waals surface area contributed by atoms with Crippen LogP contribution in [0.3, 0.4) is 0 Å². The number of nitrogens with one attached hydrogen (secondary N) is 2. The molecular weight excluding hydrogens is 360 g/mol. The molecule has 1 saturated heterocycles. The van der Waals surface area contributed by atoms with E-state index in [-0.39, 0.29) is 11.9 Å². The molecule has 0 saturated carbocycles. The fraction of sp³-hybridized carbons (Fsp3) is 0.458. The molecule has 1 amide bonds. The van der Waals surface area contributed by atoms with E-state index < -0.39 is 0 Å². The van der Waals surface area contributed by atoms with E-state index in [1.807, 2.05) is 19.1 Å². The SMILES string of the molecule is CCN1CCN(c2ccc(N[C@@H](C)C(=O)Nc3ccc(C(C)C)cc3)cc2)CC1. The third-order valence-electron chi connectivity index (χ3n) is 5.67. The van der Waals surface area contributed by atoms with E-state index in [0.717, 1.165) is 44.1 Å². The van der Waals surface area contributed by atoms with Gasteiger partial charge < -0.3 is 20.4 Å². The lowest BCUT2D eigenvalue weighted by Gasteiger charge is -2.35. The van der Waals surface area contributed by atoms with Gasteiger partial charge in [-0.15, -0.1) is 0 Å². The van der Waals surface area contributed by atoms with E-state index in [2.05, 4.69) is 77.6 Å². The minimum atomic E-state index is -0.321. The number of likely N-dealkylation sites (N-methyl/N-ethyl adjacent to an activating group) is 1. The minimum Gasteiger partial charge on any atom is -0.374 e. The summed E-state index contributed by atoms with van der Waals surface area (Å²) in [4.78, 5) is 17.4. The molecule has 0 aromatic heterocycles. The van der Waals surface area contributed by atoms with Crippen molar-refractivity contribution in [2.75, 3.05) is 48.3 Å². The highest BCUT2D eigenvalue weighted by Gasteiger charge is 2.16. The summed E-state index contributed by atoms with van der Waals surface area (Å²) in [5.74, 6) is 0.445. The summed E-state index contributed by atoms with van der Waals surface area (Å²) in [6.45, 7) is 13.9. The zero-order chi connectivity index (χ0) is 20.8. The van der Waals surface area contributed by atoms with Crippen molar-refractivity contribution in [2.45, 2.75) is 39.7 Å². The van der Waals surface area contributed by atoms with Crippen LogP contribution in [0.5, 0.6) is 0 Å². The van der Waals surface area contributed by atoms with E-state index in [4.69, 9.17) is 0 Å². The number of benzene rings is 2. The van der Waals surface area contributed by atoms with Crippen molar-refractivity contribution in [3.05, 3.63) is 54.1 Å². The highest BCUT2D eigenvalue weighted by atomic mass is 16.2. The molecule has 5 heteroatoms. The van der Waals surface area contributed by atoms with Crippen LogP contribution in [0.1, 0.15) is 39.2 Å². The van der Waals surface area contributed by atoms with Gasteiger partial charge in [-0.2, -0.15) is 0 Å². The summed E-state index contributed by atoms with van der Waals surface area (Å²) < 4.78 is 0. The van der Waals surface area contributed by atoms with Gasteiger partial charge in [-0.1, -0.05) is 32.9 Å². The number of nitrogens with zero attached hydrogens (tertiary/aromatic N) is 2. The summed E-state index contributed by atoms with van der Waals surface area (Å²) in [5.41, 5.74) is 4.30. The minimum absolute atomic E-state index is 0.0398. The second-order valence-corrected chi connectivity index (χ2v) is 8.10. The summed E-state index contributed by atoms with van der Waals surface area (Å²) in [6.07, 6.45) is 0. The Kier molecular flexibility index (Phi) is 7.15. The molecule has 1 aliphatic heterocycles. The second-order valence-electron chi connectivity index (χ2n) is 8.10. The van der Waals surface area contributed by atoms with Crippen LogP contribution in [0, 0.1) is 0 Å². The molecule has 2 aromatic rings. The van der Waals surface area contributed by atoms with Gasteiger partial charge in [0.2, 0.25) is 5.91 Å². The molecule has 0 unspecified atom stereocenters. The van der Waals surface area contributed by atoms with Crippen LogP contribution in [0.25, 0.3) is 0 Å². The van der Waals surface area contributed by atoms with Crippen LogP contribution in [-0.2, 0) is 4.79 Å². The zero-order valence-corrected chi connectivity index (χ0v) is 18.1. The molecular formula is C24H34N4O. The number of hydrogen-bond acceptors (Lipinski definition) is 4. The van der Waals surface area contributed by atoms with Gasteiger partial charge in [0.15, 0.2) is 0 Å². The fourth-order valence-corrected chi connectivity index (χ4v) is 3.61. The lowest BCUT2D eigenvalue weighted by atomic mass is 10.0. The number of amides is 1. The van der Waals surface area contributed by atoms with E-state index in [1.54, 1.807) is 0 Å². The van der Waals surface area contributed by atoms with Gasteiger partial charge >= 0.3 is 0 Å². The number of hydrogen-bond donors (Lipinski definition) is 2. The van der Waals surface area contributed by atoms with Crippen LogP contribution >= 0.6 is 0 Å². The first-order valence-corrected chi connectivity index (χ1v) is 10.7. The van der Waals surface area contributed by atoms with E-state index >= 15 is 0 Å². The Hall–Kier alpha value is -2.53. The first kappa shape index (κ1) is 21.2. The highest BCUT2D eigenvalue weighted by Crippen LogP contribution is 2.21. The fourth-order valence-electron chi connectivity index (χ4n) is 3.61. The molecule has 0 bridgehead atoms. The van der Waals surface area contributed by atoms with Gasteiger partial charge in [-0.3, -0.25) is 4.79 Å². The van der Waals surface area contributed by atoms with Crippen molar-refractivity contribution in [1.82, 2.24) is 4.90 Å². The quantitative estimate of drug-likeness (QED) is 0.731. The first-order valence-electron chi connectivity index (χ1n) is 10.7. The van der Waals surface area contributed by atoms with E-state index in [9.17, 15) is 4.79 Å². The summed E-state index contributed by atoms with van der Waals surface area (Å²) in [5, 5.41) is 6.29. The predicted molar refractivity (Wildman–Crippen MR) is 123 cm³/mol. The molecule has 5 nitrogen and oxygen atoms in total. The lowest BCUT2D eigenvalue weighted by molar-refractivity contribution is -0.116. The van der Waals surface area contributed by atoms with Gasteiger partial charge in [0.05, 0.1) is 0 Å². The predicted octanol–water partition coefficient (Wildman–Crippen LogP) is 4.39. The first-order chi connectivity index (χ1) is 14.0. The molecule has 0 spiro atoms. The zero-order valence-electron chi connectivity index (χ0n) is 18.1. The van der Waals surface area contributed by atoms with E-state index in [0.29, 0.717) is 5.92 Å². The van der Waals surface area contributed by atoms with Crippen LogP contribution in [0.4, 0.5) is 17.1 Å². The molecule has 29 heavy (non-hydrogen) atoms. The standard InChI is InChI=1S/C24H34N4O/c1-5-27-14-16-28(17-15-27)23-12-10-21(11-13-23)25-19(4)24(29)26-22-8-6-20(7-9-22)18(2)3/h6-13,18-19,25H,5,14-17H2,1-4H3,(H,26,29)/t19-/m0/s1. The van der Waals surface area contributed by atoms with Gasteiger partial charge in [-0.25, -0.2) is 0 Å². The Bertz CT molecular complexity index is 778. The van der Waals surface area contributed by atoms with E-state index in [1.165, 1.54) is 11.3 Å². The molecule has 2 N–H and O–H groups in total. The van der Waals surface area contributed by atoms with Gasteiger partial charge in [0.25, 0.3) is 0 Å². The topological polar surface area (TPSA) is 47.6 Å². The summed E-state index contributed by atoms with van der Waals surface area (Å²) >= 11 is 0. The molecule has 1 atom stereocenters. The number of carbonyl (C=O) groups excluding carboxylic acids is 1. The molecule has 3 rings (SSSR count). The third kappa shape index (κ3) is 5.73. The maximum atomic E-state index is 12.5. The van der Waals surface area contributed by atoms with Crippen molar-refractivity contribution >= 4 is 23.0 Å². The summed E-state index contributed by atoms with van der Waals surface area (Å²) in [7, 11) is 0. The monoisotopic (exact) mass is 394 g/mol. The molecule has 1 aliphatic rings. The number of rotatable bonds is 7. The van der Waals surface area contributed by atoms with Crippen molar-refractivity contribution in [1.29, 1.82) is 0 Å². The van der Waals surface area contributed by atoms with Crippen LogP contribution in [-0.4, -0.2) is 49.6 Å².